The molecule has 0 aromatic heterocycles. The smallest absolute Gasteiger partial charge is 0.264 e. The Morgan fingerprint density at radius 2 is 1.29 bits per heavy atom. The Hall–Kier alpha value is -0.250. The zero-order valence-electron chi connectivity index (χ0n) is 17.6. The Balaban J connectivity index is 0.000000492. The molecule has 0 amide bonds. The summed E-state index contributed by atoms with van der Waals surface area (Å²) in [5.41, 5.74) is 0. The second-order valence-corrected chi connectivity index (χ2v) is 12.1. The van der Waals surface area contributed by atoms with Crippen molar-refractivity contribution >= 4 is 29.9 Å². The van der Waals surface area contributed by atoms with Crippen LogP contribution in [0.1, 0.15) is 25.7 Å². The van der Waals surface area contributed by atoms with E-state index in [-0.39, 0.29) is 45.7 Å². The van der Waals surface area contributed by atoms with Gasteiger partial charge in [-0.15, -0.1) is 0 Å². The summed E-state index contributed by atoms with van der Waals surface area (Å²) in [4.78, 5) is 3.12. The summed E-state index contributed by atoms with van der Waals surface area (Å²) in [6.07, 6.45) is 2.75. The van der Waals surface area contributed by atoms with Gasteiger partial charge in [-0.05, 0) is 25.9 Å². The van der Waals surface area contributed by atoms with Crippen LogP contribution in [-0.2, 0) is 23.4 Å². The first-order valence-electron chi connectivity index (χ1n) is 9.48. The van der Waals surface area contributed by atoms with E-state index in [1.807, 2.05) is 0 Å². The lowest BCUT2D eigenvalue weighted by Crippen LogP contribution is -2.43. The van der Waals surface area contributed by atoms with Crippen LogP contribution in [0.4, 0.5) is 17.6 Å². The average Bonchev–Trinajstić information content (AvgIpc) is 2.51. The molecule has 2 aliphatic heterocycles. The van der Waals surface area contributed by atoms with E-state index in [0.29, 0.717) is 32.5 Å². The van der Waals surface area contributed by atoms with Crippen LogP contribution in [0.2, 0.25) is 0 Å². The van der Waals surface area contributed by atoms with Crippen LogP contribution in [0.25, 0.3) is 0 Å². The molecule has 0 bridgehead atoms. The topological polar surface area (TPSA) is 104 Å². The maximum absolute atomic E-state index is 12.9. The van der Waals surface area contributed by atoms with Crippen molar-refractivity contribution < 1.29 is 43.7 Å². The van der Waals surface area contributed by atoms with Gasteiger partial charge in [0.25, 0.3) is 22.0 Å². The number of aliphatic hydroxyl groups excluding tert-OH is 1. The van der Waals surface area contributed by atoms with Crippen molar-refractivity contribution in [1.82, 2.24) is 9.80 Å². The molecule has 0 unspecified atom stereocenters. The number of alkyl halides is 4. The van der Waals surface area contributed by atoms with E-state index < -0.39 is 31.0 Å². The molecule has 31 heavy (non-hydrogen) atoms. The first kappa shape index (κ1) is 30.8. The normalized spacial score (nSPS) is 21.9. The van der Waals surface area contributed by atoms with E-state index in [0.717, 1.165) is 12.5 Å². The molecule has 0 radical (unpaired) electrons. The summed E-state index contributed by atoms with van der Waals surface area (Å²) in [6.45, 7) is 1.27. The largest absolute Gasteiger partial charge is 0.395 e. The standard InChI is InChI=1S/C8H15F2NO3S.C7H13F2NO.CH3ClO2S/c1-15(12,13)14-6-5-11-4-2-3-8(9,10)7-11;8-7(9)2-1-3-10(6-7)4-5-11;1-5(2,3)4/h2-7H2,1H3;11H,1-6H2;1H3. The molecule has 2 rings (SSSR count). The minimum absolute atomic E-state index is 0.00503. The molecule has 2 heterocycles. The Labute approximate surface area is 186 Å². The predicted molar refractivity (Wildman–Crippen MR) is 110 cm³/mol. The van der Waals surface area contributed by atoms with Gasteiger partial charge in [-0.25, -0.2) is 26.0 Å². The fraction of sp³-hybridized carbons (Fsp3) is 1.00. The Bertz CT molecular complexity index is 716. The highest BCUT2D eigenvalue weighted by molar-refractivity contribution is 8.13. The first-order chi connectivity index (χ1) is 13.9. The highest BCUT2D eigenvalue weighted by Crippen LogP contribution is 2.26. The number of aliphatic hydroxyl groups is 1. The Kier molecular flexibility index (Phi) is 13.3. The highest BCUT2D eigenvalue weighted by Gasteiger charge is 2.35. The summed E-state index contributed by atoms with van der Waals surface area (Å²) in [6, 6.07) is 0. The van der Waals surface area contributed by atoms with Crippen LogP contribution in [0.5, 0.6) is 0 Å². The third kappa shape index (κ3) is 20.1. The van der Waals surface area contributed by atoms with Crippen molar-refractivity contribution in [2.75, 3.05) is 65.0 Å². The molecule has 2 aliphatic rings. The predicted octanol–water partition coefficient (Wildman–Crippen LogP) is 1.59. The van der Waals surface area contributed by atoms with Gasteiger partial charge in [0.1, 0.15) is 0 Å². The molecule has 2 fully saturated rings. The zero-order valence-corrected chi connectivity index (χ0v) is 20.0. The molecule has 0 aliphatic carbocycles. The van der Waals surface area contributed by atoms with E-state index in [1.165, 1.54) is 4.90 Å². The van der Waals surface area contributed by atoms with Gasteiger partial charge < -0.3 is 5.11 Å². The molecule has 15 heteroatoms. The molecular weight excluding hydrogens is 492 g/mol. The first-order valence-corrected chi connectivity index (χ1v) is 14.0. The van der Waals surface area contributed by atoms with E-state index in [2.05, 4.69) is 14.9 Å². The lowest BCUT2D eigenvalue weighted by Gasteiger charge is -2.31. The molecule has 0 atom stereocenters. The molecular formula is C16H31ClF4N2O6S2. The van der Waals surface area contributed by atoms with Crippen LogP contribution in [0, 0.1) is 0 Å². The van der Waals surface area contributed by atoms with Crippen molar-refractivity contribution in [3.05, 3.63) is 0 Å². The number of likely N-dealkylation sites (tertiary alicyclic amines) is 2. The minimum atomic E-state index is -3.47. The molecule has 0 spiro atoms. The lowest BCUT2D eigenvalue weighted by molar-refractivity contribution is -0.0665. The number of halogens is 5. The molecule has 0 aromatic rings. The van der Waals surface area contributed by atoms with Crippen molar-refractivity contribution in [3.63, 3.8) is 0 Å². The number of piperidine rings is 2. The lowest BCUT2D eigenvalue weighted by atomic mass is 10.1. The van der Waals surface area contributed by atoms with E-state index in [9.17, 15) is 34.4 Å². The van der Waals surface area contributed by atoms with E-state index in [4.69, 9.17) is 5.11 Å². The van der Waals surface area contributed by atoms with Crippen molar-refractivity contribution in [2.45, 2.75) is 37.5 Å². The number of rotatable bonds is 6. The highest BCUT2D eigenvalue weighted by atomic mass is 35.7. The molecule has 8 nitrogen and oxygen atoms in total. The van der Waals surface area contributed by atoms with Crippen LogP contribution < -0.4 is 0 Å². The Morgan fingerprint density at radius 1 is 0.903 bits per heavy atom. The van der Waals surface area contributed by atoms with Crippen molar-refractivity contribution in [1.29, 1.82) is 0 Å². The maximum Gasteiger partial charge on any atom is 0.264 e. The average molecular weight is 523 g/mol. The SMILES string of the molecule is CS(=O)(=O)Cl.CS(=O)(=O)OCCN1CCCC(F)(F)C1.OCCN1CCCC(F)(F)C1. The fourth-order valence-electron chi connectivity index (χ4n) is 2.93. The van der Waals surface area contributed by atoms with Gasteiger partial charge in [-0.3, -0.25) is 14.0 Å². The van der Waals surface area contributed by atoms with Gasteiger partial charge in [-0.1, -0.05) is 0 Å². The van der Waals surface area contributed by atoms with Gasteiger partial charge >= 0.3 is 0 Å². The van der Waals surface area contributed by atoms with Crippen LogP contribution in [0.15, 0.2) is 0 Å². The van der Waals surface area contributed by atoms with Gasteiger partial charge in [0.2, 0.25) is 9.05 Å². The summed E-state index contributed by atoms with van der Waals surface area (Å²) in [5, 5.41) is 8.50. The second kappa shape index (κ2) is 13.5. The summed E-state index contributed by atoms with van der Waals surface area (Å²) in [7, 11) is -2.16. The zero-order chi connectivity index (χ0) is 24.3. The number of hydrogen-bond acceptors (Lipinski definition) is 8. The van der Waals surface area contributed by atoms with E-state index in [1.54, 1.807) is 4.90 Å². The minimum Gasteiger partial charge on any atom is -0.395 e. The molecule has 188 valence electrons. The van der Waals surface area contributed by atoms with Crippen molar-refractivity contribution in [3.8, 4) is 0 Å². The molecule has 2 saturated heterocycles. The van der Waals surface area contributed by atoms with Crippen LogP contribution in [-0.4, -0.2) is 109 Å². The Morgan fingerprint density at radius 3 is 1.61 bits per heavy atom. The maximum atomic E-state index is 12.9. The molecule has 0 saturated carbocycles. The van der Waals surface area contributed by atoms with Crippen LogP contribution >= 0.6 is 10.7 Å². The molecule has 0 aromatic carbocycles. The molecule has 1 N–H and O–H groups in total. The van der Waals surface area contributed by atoms with Gasteiger partial charge in [-0.2, -0.15) is 8.42 Å². The van der Waals surface area contributed by atoms with Crippen molar-refractivity contribution in [2.24, 2.45) is 0 Å². The summed E-state index contributed by atoms with van der Waals surface area (Å²) in [5.74, 6) is -5.18. The van der Waals surface area contributed by atoms with Crippen LogP contribution in [0.3, 0.4) is 0 Å². The number of β-amino-alcohol motifs (C(OH)–C–C–N with tert-alkyl or cyclic N) is 1. The number of hydrogen-bond donors (Lipinski definition) is 1. The van der Waals surface area contributed by atoms with Gasteiger partial charge in [0, 0.05) is 36.6 Å². The third-order valence-corrected chi connectivity index (χ3v) is 4.66. The summed E-state index contributed by atoms with van der Waals surface area (Å²) >= 11 is 0. The third-order valence-electron chi connectivity index (χ3n) is 4.06. The van der Waals surface area contributed by atoms with E-state index >= 15 is 0 Å². The number of nitrogens with zero attached hydrogens (tertiary/aromatic N) is 2. The quantitative estimate of drug-likeness (QED) is 0.318. The summed E-state index contributed by atoms with van der Waals surface area (Å²) < 4.78 is 95.6. The van der Waals surface area contributed by atoms with Gasteiger partial charge in [0.05, 0.1) is 38.8 Å². The fourth-order valence-corrected chi connectivity index (χ4v) is 3.31. The van der Waals surface area contributed by atoms with Gasteiger partial charge in [0.15, 0.2) is 0 Å². The second-order valence-electron chi connectivity index (χ2n) is 7.40. The monoisotopic (exact) mass is 522 g/mol.